The second-order valence-electron chi connectivity index (χ2n) is 3.92. The van der Waals surface area contributed by atoms with Crippen molar-refractivity contribution in [3.63, 3.8) is 0 Å². The normalized spacial score (nSPS) is 10.3. The summed E-state index contributed by atoms with van der Waals surface area (Å²) in [5.74, 6) is -0.298. The Balaban J connectivity index is 2.04. The van der Waals surface area contributed by atoms with E-state index >= 15 is 0 Å². The maximum Gasteiger partial charge on any atom is 0.335 e. The number of hydrogen-bond donors (Lipinski definition) is 2. The summed E-state index contributed by atoms with van der Waals surface area (Å²) in [6.45, 7) is 0.529. The zero-order valence-electron chi connectivity index (χ0n) is 10.6. The molecule has 0 radical (unpaired) electrons. The zero-order valence-corrected chi connectivity index (χ0v) is 12.2. The van der Waals surface area contributed by atoms with E-state index in [4.69, 9.17) is 16.7 Å². The van der Waals surface area contributed by atoms with Crippen LogP contribution in [0.1, 0.15) is 15.9 Å². The molecular formula is C13H12ClN3O2S. The maximum atomic E-state index is 10.8. The molecule has 2 aromatic rings. The van der Waals surface area contributed by atoms with Crippen LogP contribution in [0.25, 0.3) is 0 Å². The van der Waals surface area contributed by atoms with Crippen LogP contribution < -0.4 is 5.32 Å². The van der Waals surface area contributed by atoms with Gasteiger partial charge in [-0.05, 0) is 24.0 Å². The molecule has 5 nitrogen and oxygen atoms in total. The third-order valence-electron chi connectivity index (χ3n) is 2.53. The van der Waals surface area contributed by atoms with Gasteiger partial charge in [-0.3, -0.25) is 0 Å². The van der Waals surface area contributed by atoms with Crippen LogP contribution in [-0.4, -0.2) is 27.3 Å². The molecule has 0 bridgehead atoms. The van der Waals surface area contributed by atoms with Crippen LogP contribution in [0.2, 0.25) is 5.15 Å². The Bertz CT molecular complexity index is 620. The lowest BCUT2D eigenvalue weighted by atomic mass is 10.1. The maximum absolute atomic E-state index is 10.8. The van der Waals surface area contributed by atoms with Crippen molar-refractivity contribution in [1.29, 1.82) is 0 Å². The molecule has 0 saturated carbocycles. The molecule has 0 atom stereocenters. The van der Waals surface area contributed by atoms with Crippen LogP contribution in [0.15, 0.2) is 35.5 Å². The Kier molecular flexibility index (Phi) is 4.81. The summed E-state index contributed by atoms with van der Waals surface area (Å²) in [5.41, 5.74) is 1.22. The largest absolute Gasteiger partial charge is 0.478 e. The van der Waals surface area contributed by atoms with Gasteiger partial charge in [-0.15, -0.1) is 0 Å². The summed E-state index contributed by atoms with van der Waals surface area (Å²) in [5, 5.41) is 12.9. The van der Waals surface area contributed by atoms with Crippen molar-refractivity contribution in [3.8, 4) is 0 Å². The van der Waals surface area contributed by atoms with Crippen LogP contribution >= 0.6 is 23.4 Å². The molecule has 7 heteroatoms. The fraction of sp³-hybridized carbons (Fsp3) is 0.154. The Morgan fingerprint density at radius 1 is 1.35 bits per heavy atom. The van der Waals surface area contributed by atoms with Gasteiger partial charge in [-0.25, -0.2) is 14.8 Å². The number of nitrogens with one attached hydrogen (secondary N) is 1. The van der Waals surface area contributed by atoms with E-state index in [1.165, 1.54) is 11.8 Å². The molecule has 2 N–H and O–H groups in total. The van der Waals surface area contributed by atoms with Gasteiger partial charge in [0.1, 0.15) is 11.0 Å². The number of nitrogens with zero attached hydrogens (tertiary/aromatic N) is 2. The monoisotopic (exact) mass is 309 g/mol. The molecule has 0 unspecified atom stereocenters. The smallest absolute Gasteiger partial charge is 0.335 e. The number of halogens is 1. The average molecular weight is 310 g/mol. The van der Waals surface area contributed by atoms with Crippen molar-refractivity contribution >= 4 is 35.1 Å². The summed E-state index contributed by atoms with van der Waals surface area (Å²) in [6, 6.07) is 8.30. The molecule has 1 aromatic carbocycles. The Hall–Kier alpha value is -1.79. The van der Waals surface area contributed by atoms with Gasteiger partial charge in [0.05, 0.1) is 5.56 Å². The minimum atomic E-state index is -0.934. The lowest BCUT2D eigenvalue weighted by molar-refractivity contribution is 0.0697. The van der Waals surface area contributed by atoms with Crippen molar-refractivity contribution in [2.75, 3.05) is 11.6 Å². The fourth-order valence-corrected chi connectivity index (χ4v) is 2.15. The van der Waals surface area contributed by atoms with Crippen molar-refractivity contribution in [2.45, 2.75) is 11.7 Å². The SMILES string of the molecule is CSc1nc(Cl)cc(NCc2ccc(C(=O)O)cc2)n1. The molecular weight excluding hydrogens is 298 g/mol. The Morgan fingerprint density at radius 3 is 2.65 bits per heavy atom. The van der Waals surface area contributed by atoms with Crippen LogP contribution in [0.3, 0.4) is 0 Å². The highest BCUT2D eigenvalue weighted by molar-refractivity contribution is 7.98. The van der Waals surface area contributed by atoms with Gasteiger partial charge in [0, 0.05) is 12.6 Å². The first-order valence-corrected chi connectivity index (χ1v) is 7.33. The lowest BCUT2D eigenvalue weighted by Crippen LogP contribution is -2.03. The second-order valence-corrected chi connectivity index (χ2v) is 5.08. The number of thioether (sulfide) groups is 1. The fourth-order valence-electron chi connectivity index (χ4n) is 1.54. The number of aromatic nitrogens is 2. The second kappa shape index (κ2) is 6.58. The molecule has 0 spiro atoms. The summed E-state index contributed by atoms with van der Waals surface area (Å²) >= 11 is 7.31. The molecule has 0 amide bonds. The highest BCUT2D eigenvalue weighted by Crippen LogP contribution is 2.17. The van der Waals surface area contributed by atoms with Crippen LogP contribution in [-0.2, 0) is 6.54 Å². The summed E-state index contributed by atoms with van der Waals surface area (Å²) in [4.78, 5) is 19.1. The molecule has 0 saturated heterocycles. The molecule has 0 fully saturated rings. The number of anilines is 1. The third-order valence-corrected chi connectivity index (χ3v) is 3.27. The number of carbonyl (C=O) groups is 1. The van der Waals surface area contributed by atoms with E-state index in [1.54, 1.807) is 30.3 Å². The predicted molar refractivity (Wildman–Crippen MR) is 79.6 cm³/mol. The first-order valence-electron chi connectivity index (χ1n) is 5.73. The standard InChI is InChI=1S/C13H12ClN3O2S/c1-20-13-16-10(14)6-11(17-13)15-7-8-2-4-9(5-3-8)12(18)19/h2-6H,7H2,1H3,(H,18,19)(H,15,16,17). The highest BCUT2D eigenvalue weighted by Gasteiger charge is 2.04. The molecule has 1 aromatic heterocycles. The van der Waals surface area contributed by atoms with E-state index < -0.39 is 5.97 Å². The molecule has 0 aliphatic rings. The van der Waals surface area contributed by atoms with Gasteiger partial charge < -0.3 is 10.4 Å². The summed E-state index contributed by atoms with van der Waals surface area (Å²) in [6.07, 6.45) is 1.88. The van der Waals surface area contributed by atoms with Gasteiger partial charge in [0.25, 0.3) is 0 Å². The Labute approximate surface area is 125 Å². The number of benzene rings is 1. The van der Waals surface area contributed by atoms with E-state index in [9.17, 15) is 4.79 Å². The average Bonchev–Trinajstić information content (AvgIpc) is 2.45. The van der Waals surface area contributed by atoms with E-state index in [-0.39, 0.29) is 5.56 Å². The van der Waals surface area contributed by atoms with E-state index in [1.807, 2.05) is 6.26 Å². The van der Waals surface area contributed by atoms with E-state index in [2.05, 4.69) is 15.3 Å². The topological polar surface area (TPSA) is 75.1 Å². The number of carboxylic acids is 1. The van der Waals surface area contributed by atoms with Gasteiger partial charge >= 0.3 is 5.97 Å². The summed E-state index contributed by atoms with van der Waals surface area (Å²) < 4.78 is 0. The molecule has 104 valence electrons. The molecule has 2 rings (SSSR count). The molecule has 0 aliphatic carbocycles. The van der Waals surface area contributed by atoms with Crippen LogP contribution in [0.4, 0.5) is 5.82 Å². The van der Waals surface area contributed by atoms with Crippen LogP contribution in [0.5, 0.6) is 0 Å². The summed E-state index contributed by atoms with van der Waals surface area (Å²) in [7, 11) is 0. The first-order chi connectivity index (χ1) is 9.58. The molecule has 0 aliphatic heterocycles. The van der Waals surface area contributed by atoms with Gasteiger partial charge in [0.15, 0.2) is 5.16 Å². The van der Waals surface area contributed by atoms with Crippen molar-refractivity contribution < 1.29 is 9.90 Å². The molecule has 1 heterocycles. The van der Waals surface area contributed by atoms with Gasteiger partial charge in [0.2, 0.25) is 0 Å². The van der Waals surface area contributed by atoms with E-state index in [0.717, 1.165) is 5.56 Å². The zero-order chi connectivity index (χ0) is 14.5. The lowest BCUT2D eigenvalue weighted by Gasteiger charge is -2.07. The third kappa shape index (κ3) is 3.85. The van der Waals surface area contributed by atoms with Crippen LogP contribution in [0, 0.1) is 0 Å². The number of carboxylic acid groups (broad SMARTS) is 1. The highest BCUT2D eigenvalue weighted by atomic mass is 35.5. The minimum Gasteiger partial charge on any atom is -0.478 e. The Morgan fingerprint density at radius 2 is 2.05 bits per heavy atom. The van der Waals surface area contributed by atoms with Crippen molar-refractivity contribution in [2.24, 2.45) is 0 Å². The van der Waals surface area contributed by atoms with Gasteiger partial charge in [-0.2, -0.15) is 0 Å². The number of rotatable bonds is 5. The number of hydrogen-bond acceptors (Lipinski definition) is 5. The minimum absolute atomic E-state index is 0.267. The quantitative estimate of drug-likeness (QED) is 0.502. The molecule has 20 heavy (non-hydrogen) atoms. The van der Waals surface area contributed by atoms with Gasteiger partial charge in [-0.1, -0.05) is 35.5 Å². The van der Waals surface area contributed by atoms with Crippen molar-refractivity contribution in [3.05, 3.63) is 46.6 Å². The first kappa shape index (κ1) is 14.6. The van der Waals surface area contributed by atoms with E-state index in [0.29, 0.717) is 22.7 Å². The van der Waals surface area contributed by atoms with Crippen molar-refractivity contribution in [1.82, 2.24) is 9.97 Å². The number of aromatic carboxylic acids is 1. The predicted octanol–water partition coefficient (Wildman–Crippen LogP) is 3.16.